The van der Waals surface area contributed by atoms with Crippen LogP contribution < -0.4 is 14.2 Å². The van der Waals surface area contributed by atoms with Crippen molar-refractivity contribution in [3.05, 3.63) is 91.8 Å². The minimum Gasteiger partial charge on any atom is -0.497 e. The molecular weight excluding hydrogens is 530 g/mol. The van der Waals surface area contributed by atoms with Crippen LogP contribution in [0.4, 0.5) is 11.4 Å². The standard InChI is InChI=1S/C27H24ClN3O6S/c1-4-30-26(32)24(38-27(30)29-19-8-10-21(35-2)11-9-19)15-18-13-22(28)25(23(14-18)36-3)37-16-17-6-5-7-20(12-17)31(33)34/h5-15H,4,16H2,1-3H3/b24-15+,29-27?. The molecule has 196 valence electrons. The number of carbonyl (C=O) groups excluding carboxylic acids is 1. The highest BCUT2D eigenvalue weighted by Crippen LogP contribution is 2.40. The molecule has 0 atom stereocenters. The quantitative estimate of drug-likeness (QED) is 0.170. The van der Waals surface area contributed by atoms with Gasteiger partial charge in [-0.05, 0) is 72.3 Å². The molecule has 0 saturated carbocycles. The number of ether oxygens (including phenoxy) is 3. The van der Waals surface area contributed by atoms with Gasteiger partial charge in [-0.1, -0.05) is 23.7 Å². The Morgan fingerprint density at radius 3 is 2.53 bits per heavy atom. The van der Waals surface area contributed by atoms with E-state index in [0.717, 1.165) is 5.75 Å². The number of nitrogens with zero attached hydrogens (tertiary/aromatic N) is 3. The van der Waals surface area contributed by atoms with Gasteiger partial charge in [-0.15, -0.1) is 0 Å². The lowest BCUT2D eigenvalue weighted by Crippen LogP contribution is -2.28. The number of likely N-dealkylation sites (N-methyl/N-ethyl adjacent to an activating group) is 1. The zero-order valence-corrected chi connectivity index (χ0v) is 22.4. The van der Waals surface area contributed by atoms with Gasteiger partial charge in [0.1, 0.15) is 12.4 Å². The predicted octanol–water partition coefficient (Wildman–Crippen LogP) is 6.47. The molecular formula is C27H24ClN3O6S. The van der Waals surface area contributed by atoms with Crippen LogP contribution in [0.5, 0.6) is 17.2 Å². The van der Waals surface area contributed by atoms with Crippen molar-refractivity contribution in [2.45, 2.75) is 13.5 Å². The topological polar surface area (TPSA) is 104 Å². The molecule has 38 heavy (non-hydrogen) atoms. The molecule has 9 nitrogen and oxygen atoms in total. The van der Waals surface area contributed by atoms with E-state index in [0.29, 0.717) is 44.9 Å². The molecule has 1 aliphatic rings. The number of hydrogen-bond donors (Lipinski definition) is 0. The Bertz CT molecular complexity index is 1420. The van der Waals surface area contributed by atoms with E-state index in [4.69, 9.17) is 25.8 Å². The maximum absolute atomic E-state index is 13.1. The van der Waals surface area contributed by atoms with Crippen LogP contribution in [0.3, 0.4) is 0 Å². The fourth-order valence-electron chi connectivity index (χ4n) is 3.67. The molecule has 1 aliphatic heterocycles. The molecule has 11 heteroatoms. The molecule has 0 unspecified atom stereocenters. The van der Waals surface area contributed by atoms with Gasteiger partial charge in [-0.3, -0.25) is 19.8 Å². The molecule has 0 bridgehead atoms. The van der Waals surface area contributed by atoms with Gasteiger partial charge in [0.05, 0.1) is 34.8 Å². The summed E-state index contributed by atoms with van der Waals surface area (Å²) < 4.78 is 16.5. The molecule has 1 heterocycles. The molecule has 0 radical (unpaired) electrons. The fourth-order valence-corrected chi connectivity index (χ4v) is 5.00. The first-order valence-corrected chi connectivity index (χ1v) is 12.7. The first-order valence-electron chi connectivity index (χ1n) is 11.5. The number of amidine groups is 1. The Kier molecular flexibility index (Phi) is 8.55. The number of hydrogen-bond acceptors (Lipinski definition) is 8. The van der Waals surface area contributed by atoms with Crippen LogP contribution in [0.15, 0.2) is 70.6 Å². The average molecular weight is 554 g/mol. The summed E-state index contributed by atoms with van der Waals surface area (Å²) in [7, 11) is 3.08. The normalized spacial score (nSPS) is 15.3. The number of halogens is 1. The fraction of sp³-hybridized carbons (Fsp3) is 0.185. The van der Waals surface area contributed by atoms with Gasteiger partial charge in [0.25, 0.3) is 11.6 Å². The van der Waals surface area contributed by atoms with Crippen molar-refractivity contribution < 1.29 is 23.9 Å². The first-order chi connectivity index (χ1) is 18.3. The van der Waals surface area contributed by atoms with Crippen LogP contribution >= 0.6 is 23.4 Å². The summed E-state index contributed by atoms with van der Waals surface area (Å²) in [4.78, 5) is 30.4. The first kappa shape index (κ1) is 27.0. The van der Waals surface area contributed by atoms with Crippen LogP contribution in [0.2, 0.25) is 5.02 Å². The summed E-state index contributed by atoms with van der Waals surface area (Å²) in [5, 5.41) is 11.9. The van der Waals surface area contributed by atoms with Crippen molar-refractivity contribution in [1.29, 1.82) is 0 Å². The Morgan fingerprint density at radius 1 is 1.11 bits per heavy atom. The summed E-state index contributed by atoms with van der Waals surface area (Å²) in [6, 6.07) is 16.8. The summed E-state index contributed by atoms with van der Waals surface area (Å²) in [5.41, 5.74) is 1.93. The maximum atomic E-state index is 13.1. The number of amides is 1. The molecule has 3 aromatic carbocycles. The van der Waals surface area contributed by atoms with E-state index < -0.39 is 4.92 Å². The minimum atomic E-state index is -0.464. The Morgan fingerprint density at radius 2 is 1.87 bits per heavy atom. The van der Waals surface area contributed by atoms with Crippen LogP contribution in [0.1, 0.15) is 18.1 Å². The third kappa shape index (κ3) is 6.09. The Labute approximate surface area is 228 Å². The molecule has 0 aromatic heterocycles. The van der Waals surface area contributed by atoms with Crippen molar-refractivity contribution >= 4 is 51.9 Å². The van der Waals surface area contributed by atoms with Crippen molar-refractivity contribution in [3.8, 4) is 17.2 Å². The van der Waals surface area contributed by atoms with E-state index in [1.807, 2.05) is 31.2 Å². The molecule has 3 aromatic rings. The van der Waals surface area contributed by atoms with Gasteiger partial charge in [0.15, 0.2) is 16.7 Å². The highest BCUT2D eigenvalue weighted by Gasteiger charge is 2.32. The second kappa shape index (κ2) is 12.0. The molecule has 0 N–H and O–H groups in total. The molecule has 1 amide bonds. The predicted molar refractivity (Wildman–Crippen MR) is 148 cm³/mol. The lowest BCUT2D eigenvalue weighted by molar-refractivity contribution is -0.384. The van der Waals surface area contributed by atoms with Gasteiger partial charge in [-0.25, -0.2) is 4.99 Å². The number of non-ortho nitro benzene ring substituents is 1. The summed E-state index contributed by atoms with van der Waals surface area (Å²) in [5.74, 6) is 1.22. The second-order valence-corrected chi connectivity index (χ2v) is 9.42. The number of aliphatic imine (C=N–C) groups is 1. The number of thioether (sulfide) groups is 1. The van der Waals surface area contributed by atoms with E-state index >= 15 is 0 Å². The van der Waals surface area contributed by atoms with Crippen LogP contribution in [0, 0.1) is 10.1 Å². The molecule has 0 spiro atoms. The molecule has 1 fully saturated rings. The average Bonchev–Trinajstić information content (AvgIpc) is 3.21. The Hall–Kier alpha value is -4.02. The smallest absolute Gasteiger partial charge is 0.269 e. The van der Waals surface area contributed by atoms with Crippen molar-refractivity contribution in [1.82, 2.24) is 4.90 Å². The molecule has 0 aliphatic carbocycles. The van der Waals surface area contributed by atoms with Gasteiger partial charge >= 0.3 is 0 Å². The van der Waals surface area contributed by atoms with Gasteiger partial charge in [0.2, 0.25) is 0 Å². The number of rotatable bonds is 9. The zero-order chi connectivity index (χ0) is 27.2. The van der Waals surface area contributed by atoms with Gasteiger partial charge < -0.3 is 14.2 Å². The highest BCUT2D eigenvalue weighted by molar-refractivity contribution is 8.18. The molecule has 4 rings (SSSR count). The SMILES string of the molecule is CCN1C(=O)/C(=C\c2cc(Cl)c(OCc3cccc([N+](=O)[O-])c3)c(OC)c2)SC1=Nc1ccc(OC)cc1. The van der Waals surface area contributed by atoms with Gasteiger partial charge in [-0.2, -0.15) is 0 Å². The van der Waals surface area contributed by atoms with Crippen molar-refractivity contribution in [3.63, 3.8) is 0 Å². The largest absolute Gasteiger partial charge is 0.497 e. The third-order valence-electron chi connectivity index (χ3n) is 5.56. The molecule has 1 saturated heterocycles. The van der Waals surface area contributed by atoms with Crippen molar-refractivity contribution in [2.24, 2.45) is 4.99 Å². The minimum absolute atomic E-state index is 0.0270. The van der Waals surface area contributed by atoms with E-state index in [-0.39, 0.29) is 23.2 Å². The van der Waals surface area contributed by atoms with Gasteiger partial charge in [0, 0.05) is 18.7 Å². The summed E-state index contributed by atoms with van der Waals surface area (Å²) in [6.45, 7) is 2.41. The lowest BCUT2D eigenvalue weighted by Gasteiger charge is -2.14. The third-order valence-corrected chi connectivity index (χ3v) is 6.84. The maximum Gasteiger partial charge on any atom is 0.269 e. The summed E-state index contributed by atoms with van der Waals surface area (Å²) >= 11 is 7.79. The lowest BCUT2D eigenvalue weighted by atomic mass is 10.1. The number of benzene rings is 3. The second-order valence-electron chi connectivity index (χ2n) is 8.00. The van der Waals surface area contributed by atoms with E-state index in [1.54, 1.807) is 42.4 Å². The van der Waals surface area contributed by atoms with E-state index in [2.05, 4.69) is 4.99 Å². The number of methoxy groups -OCH3 is 2. The summed E-state index contributed by atoms with van der Waals surface area (Å²) in [6.07, 6.45) is 1.73. The van der Waals surface area contributed by atoms with E-state index in [1.165, 1.54) is 31.0 Å². The van der Waals surface area contributed by atoms with Crippen molar-refractivity contribution in [2.75, 3.05) is 20.8 Å². The monoisotopic (exact) mass is 553 g/mol. The number of nitro groups is 1. The van der Waals surface area contributed by atoms with Crippen LogP contribution in [-0.2, 0) is 11.4 Å². The number of carbonyl (C=O) groups is 1. The highest BCUT2D eigenvalue weighted by atomic mass is 35.5. The number of nitro benzene ring substituents is 1. The zero-order valence-electron chi connectivity index (χ0n) is 20.8. The van der Waals surface area contributed by atoms with E-state index in [9.17, 15) is 14.9 Å². The Balaban J connectivity index is 1.57. The van der Waals surface area contributed by atoms with Crippen LogP contribution in [-0.4, -0.2) is 41.7 Å². The van der Waals surface area contributed by atoms with Crippen LogP contribution in [0.25, 0.3) is 6.08 Å².